The minimum absolute atomic E-state index is 0.130. The van der Waals surface area contributed by atoms with E-state index < -0.39 is 11.7 Å². The van der Waals surface area contributed by atoms with Crippen molar-refractivity contribution in [1.29, 1.82) is 0 Å². The molecule has 9 heteroatoms. The molecule has 0 saturated heterocycles. The first-order valence-electron chi connectivity index (χ1n) is 12.6. The molecule has 1 aromatic heterocycles. The summed E-state index contributed by atoms with van der Waals surface area (Å²) in [5, 5.41) is 2.73. The lowest BCUT2D eigenvalue weighted by Crippen LogP contribution is -2.25. The van der Waals surface area contributed by atoms with Crippen molar-refractivity contribution in [3.8, 4) is 16.9 Å². The van der Waals surface area contributed by atoms with Crippen LogP contribution in [-0.2, 0) is 22.1 Å². The predicted octanol–water partition coefficient (Wildman–Crippen LogP) is 7.38. The maximum absolute atomic E-state index is 12.9. The molecule has 2 aromatic carbocycles. The number of rotatable bonds is 11. The SMILES string of the molecule is COC(=O)CCNC(=O)c1ccc(CCC(C)(C)COc2cc(C)c(-c3ccc(C(F)(F)F)cc3)c(C)c2)s1. The Morgan fingerprint density at radius 1 is 0.974 bits per heavy atom. The van der Waals surface area contributed by atoms with E-state index in [9.17, 15) is 22.8 Å². The number of benzene rings is 2. The molecular formula is C30H34F3NO4S. The zero-order chi connectivity index (χ0) is 28.8. The van der Waals surface area contributed by atoms with Crippen molar-refractivity contribution >= 4 is 23.2 Å². The molecule has 0 unspecified atom stereocenters. The molecule has 0 fully saturated rings. The second-order valence-corrected chi connectivity index (χ2v) is 11.5. The molecule has 0 atom stereocenters. The Kier molecular flexibility index (Phi) is 9.83. The summed E-state index contributed by atoms with van der Waals surface area (Å²) >= 11 is 1.43. The average Bonchev–Trinajstić information content (AvgIpc) is 3.35. The molecule has 0 aliphatic rings. The third-order valence-electron chi connectivity index (χ3n) is 6.41. The number of nitrogens with one attached hydrogen (secondary N) is 1. The second kappa shape index (κ2) is 12.7. The molecule has 0 radical (unpaired) electrons. The van der Waals surface area contributed by atoms with Crippen LogP contribution < -0.4 is 10.1 Å². The van der Waals surface area contributed by atoms with Gasteiger partial charge in [-0.2, -0.15) is 13.2 Å². The van der Waals surface area contributed by atoms with Crippen molar-refractivity contribution in [3.63, 3.8) is 0 Å². The number of aryl methyl sites for hydroxylation is 3. The first-order chi connectivity index (χ1) is 18.3. The van der Waals surface area contributed by atoms with Gasteiger partial charge in [0.25, 0.3) is 5.91 Å². The Morgan fingerprint density at radius 2 is 1.62 bits per heavy atom. The fraction of sp³-hybridized carbons (Fsp3) is 0.400. The summed E-state index contributed by atoms with van der Waals surface area (Å²) < 4.78 is 49.5. The van der Waals surface area contributed by atoms with Gasteiger partial charge in [0.05, 0.1) is 30.6 Å². The van der Waals surface area contributed by atoms with Crippen LogP contribution >= 0.6 is 11.3 Å². The minimum atomic E-state index is -4.36. The van der Waals surface area contributed by atoms with E-state index in [4.69, 9.17) is 4.74 Å². The van der Waals surface area contributed by atoms with Crippen molar-refractivity contribution in [2.24, 2.45) is 5.41 Å². The lowest BCUT2D eigenvalue weighted by Gasteiger charge is -2.25. The molecule has 210 valence electrons. The van der Waals surface area contributed by atoms with Crippen molar-refractivity contribution in [1.82, 2.24) is 5.32 Å². The third-order valence-corrected chi connectivity index (χ3v) is 7.56. The van der Waals surface area contributed by atoms with Crippen molar-refractivity contribution < 1.29 is 32.2 Å². The summed E-state index contributed by atoms with van der Waals surface area (Å²) in [7, 11) is 1.31. The molecule has 39 heavy (non-hydrogen) atoms. The van der Waals surface area contributed by atoms with Gasteiger partial charge in [-0.15, -0.1) is 11.3 Å². The van der Waals surface area contributed by atoms with E-state index in [0.717, 1.165) is 57.9 Å². The lowest BCUT2D eigenvalue weighted by atomic mass is 9.88. The zero-order valence-corrected chi connectivity index (χ0v) is 23.6. The Balaban J connectivity index is 1.55. The maximum Gasteiger partial charge on any atom is 0.416 e. The van der Waals surface area contributed by atoms with Gasteiger partial charge in [0.15, 0.2) is 0 Å². The summed E-state index contributed by atoms with van der Waals surface area (Å²) in [4.78, 5) is 25.2. The number of hydrogen-bond acceptors (Lipinski definition) is 5. The van der Waals surface area contributed by atoms with Crippen molar-refractivity contribution in [2.45, 2.75) is 53.1 Å². The smallest absolute Gasteiger partial charge is 0.416 e. The molecule has 5 nitrogen and oxygen atoms in total. The van der Waals surface area contributed by atoms with Gasteiger partial charge in [0.2, 0.25) is 0 Å². The molecule has 1 amide bonds. The number of ether oxygens (including phenoxy) is 2. The monoisotopic (exact) mass is 561 g/mol. The van der Waals surface area contributed by atoms with Gasteiger partial charge >= 0.3 is 12.1 Å². The van der Waals surface area contributed by atoms with E-state index in [0.29, 0.717) is 11.5 Å². The zero-order valence-electron chi connectivity index (χ0n) is 22.8. The van der Waals surface area contributed by atoms with Crippen molar-refractivity contribution in [2.75, 3.05) is 20.3 Å². The average molecular weight is 562 g/mol. The topological polar surface area (TPSA) is 64.6 Å². The van der Waals surface area contributed by atoms with Crippen LogP contribution in [0.3, 0.4) is 0 Å². The first-order valence-corrected chi connectivity index (χ1v) is 13.5. The summed E-state index contributed by atoms with van der Waals surface area (Å²) in [6, 6.07) is 12.8. The molecule has 3 rings (SSSR count). The number of thiophene rings is 1. The van der Waals surface area contributed by atoms with Gasteiger partial charge in [-0.25, -0.2) is 0 Å². The van der Waals surface area contributed by atoms with Crippen molar-refractivity contribution in [3.05, 3.63) is 75.0 Å². The summed E-state index contributed by atoms with van der Waals surface area (Å²) in [5.74, 6) is 0.144. The number of amides is 1. The number of halogens is 3. The highest BCUT2D eigenvalue weighted by atomic mass is 32.1. The van der Waals surface area contributed by atoms with E-state index in [-0.39, 0.29) is 30.3 Å². The molecule has 0 aliphatic heterocycles. The minimum Gasteiger partial charge on any atom is -0.493 e. The van der Waals surface area contributed by atoms with Gasteiger partial charge in [0.1, 0.15) is 5.75 Å². The van der Waals surface area contributed by atoms with Crippen LogP contribution in [0.5, 0.6) is 5.75 Å². The Hall–Kier alpha value is -3.33. The van der Waals surface area contributed by atoms with Crippen LogP contribution in [0.4, 0.5) is 13.2 Å². The molecule has 3 aromatic rings. The normalized spacial score (nSPS) is 11.8. The second-order valence-electron chi connectivity index (χ2n) is 10.3. The maximum atomic E-state index is 12.9. The Labute approximate surface area is 231 Å². The predicted molar refractivity (Wildman–Crippen MR) is 147 cm³/mol. The largest absolute Gasteiger partial charge is 0.493 e. The Bertz CT molecular complexity index is 1270. The molecule has 0 spiro atoms. The number of carbonyl (C=O) groups excluding carboxylic acids is 2. The molecule has 0 saturated carbocycles. The number of esters is 1. The first kappa shape index (κ1) is 30.2. The molecular weight excluding hydrogens is 527 g/mol. The number of carbonyl (C=O) groups is 2. The van der Waals surface area contributed by atoms with Crippen LogP contribution in [0.25, 0.3) is 11.1 Å². The number of alkyl halides is 3. The van der Waals surface area contributed by atoms with Gasteiger partial charge in [-0.3, -0.25) is 9.59 Å². The highest BCUT2D eigenvalue weighted by Gasteiger charge is 2.30. The highest BCUT2D eigenvalue weighted by molar-refractivity contribution is 7.14. The van der Waals surface area contributed by atoms with Crippen LogP contribution in [-0.4, -0.2) is 32.1 Å². The Morgan fingerprint density at radius 3 is 2.21 bits per heavy atom. The molecule has 1 heterocycles. The number of methoxy groups -OCH3 is 1. The standard InChI is InChI=1S/C30H34F3NO4S/c1-19-16-23(17-20(2)27(19)21-6-8-22(9-7-21)30(31,32)33)38-18-29(3,4)14-12-24-10-11-25(39-24)28(36)34-15-13-26(35)37-5/h6-11,16-17H,12-15,18H2,1-5H3,(H,34,36). The van der Waals surface area contributed by atoms with E-state index in [1.807, 2.05) is 32.0 Å². The summed E-state index contributed by atoms with van der Waals surface area (Å²) in [5.41, 5.74) is 2.69. The van der Waals surface area contributed by atoms with Crippen LogP contribution in [0.2, 0.25) is 0 Å². The fourth-order valence-corrected chi connectivity index (χ4v) is 5.13. The summed E-state index contributed by atoms with van der Waals surface area (Å²) in [6.07, 6.45) is -2.59. The van der Waals surface area contributed by atoms with E-state index in [1.54, 1.807) is 6.07 Å². The molecule has 0 bridgehead atoms. The number of hydrogen-bond donors (Lipinski definition) is 1. The van der Waals surface area contributed by atoms with E-state index >= 15 is 0 Å². The van der Waals surface area contributed by atoms with Crippen LogP contribution in [0.15, 0.2) is 48.5 Å². The van der Waals surface area contributed by atoms with Crippen LogP contribution in [0, 0.1) is 19.3 Å². The van der Waals surface area contributed by atoms with E-state index in [2.05, 4.69) is 23.9 Å². The lowest BCUT2D eigenvalue weighted by molar-refractivity contribution is -0.140. The highest BCUT2D eigenvalue weighted by Crippen LogP contribution is 2.35. The molecule has 0 aliphatic carbocycles. The molecule has 1 N–H and O–H groups in total. The summed E-state index contributed by atoms with van der Waals surface area (Å²) in [6.45, 7) is 8.82. The van der Waals surface area contributed by atoms with Gasteiger partial charge in [-0.05, 0) is 90.8 Å². The quantitative estimate of drug-likeness (QED) is 0.248. The van der Waals surface area contributed by atoms with E-state index in [1.165, 1.54) is 30.6 Å². The van der Waals surface area contributed by atoms with Crippen LogP contribution in [0.1, 0.15) is 57.9 Å². The fourth-order valence-electron chi connectivity index (χ4n) is 4.20. The van der Waals surface area contributed by atoms with Gasteiger partial charge < -0.3 is 14.8 Å². The third kappa shape index (κ3) is 8.58. The van der Waals surface area contributed by atoms with Gasteiger partial charge in [-0.1, -0.05) is 26.0 Å². The van der Waals surface area contributed by atoms with Gasteiger partial charge in [0, 0.05) is 11.4 Å².